The molecule has 0 radical (unpaired) electrons. The number of aryl methyl sites for hydroxylation is 1. The van der Waals surface area contributed by atoms with Gasteiger partial charge < -0.3 is 4.98 Å². The van der Waals surface area contributed by atoms with Gasteiger partial charge in [0.25, 0.3) is 0 Å². The largest absolute Gasteiger partial charge is 0.361 e. The summed E-state index contributed by atoms with van der Waals surface area (Å²) in [6, 6.07) is 8.48. The molecular formula is C16H18N4S. The third-order valence-electron chi connectivity index (χ3n) is 3.15. The van der Waals surface area contributed by atoms with Crippen LogP contribution in [0.2, 0.25) is 0 Å². The quantitative estimate of drug-likeness (QED) is 0.719. The number of hydrogen-bond acceptors (Lipinski definition) is 3. The first-order valence-electron chi connectivity index (χ1n) is 6.96. The van der Waals surface area contributed by atoms with E-state index in [-0.39, 0.29) is 6.04 Å². The summed E-state index contributed by atoms with van der Waals surface area (Å²) in [5.74, 6) is 0. The third kappa shape index (κ3) is 2.83. The molecule has 0 saturated heterocycles. The Hall–Kier alpha value is -2.14. The number of para-hydroxylation sites is 1. The van der Waals surface area contributed by atoms with E-state index >= 15 is 0 Å². The molecular weight excluding hydrogens is 280 g/mol. The molecule has 0 amide bonds. The maximum Gasteiger partial charge on any atom is 0.206 e. The van der Waals surface area contributed by atoms with Crippen molar-refractivity contribution in [1.29, 1.82) is 0 Å². The first-order chi connectivity index (χ1) is 10.1. The van der Waals surface area contributed by atoms with E-state index in [0.717, 1.165) is 21.6 Å². The predicted octanol–water partition coefficient (Wildman–Crippen LogP) is 3.53. The van der Waals surface area contributed by atoms with Crippen LogP contribution in [0.3, 0.4) is 0 Å². The van der Waals surface area contributed by atoms with Gasteiger partial charge in [-0.25, -0.2) is 4.68 Å². The molecule has 0 spiro atoms. The zero-order chi connectivity index (χ0) is 14.8. The second-order valence-electron chi connectivity index (χ2n) is 5.23. The molecule has 0 unspecified atom stereocenters. The van der Waals surface area contributed by atoms with E-state index < -0.39 is 0 Å². The zero-order valence-electron chi connectivity index (χ0n) is 12.4. The zero-order valence-corrected chi connectivity index (χ0v) is 13.2. The molecule has 3 aromatic rings. The van der Waals surface area contributed by atoms with E-state index in [9.17, 15) is 0 Å². The second kappa shape index (κ2) is 5.69. The molecule has 3 rings (SSSR count). The highest BCUT2D eigenvalue weighted by atomic mass is 32.1. The van der Waals surface area contributed by atoms with Gasteiger partial charge >= 0.3 is 0 Å². The molecule has 108 valence electrons. The van der Waals surface area contributed by atoms with Gasteiger partial charge in [-0.15, -0.1) is 11.3 Å². The molecule has 4 nitrogen and oxygen atoms in total. The van der Waals surface area contributed by atoms with Gasteiger partial charge in [0.15, 0.2) is 0 Å². The van der Waals surface area contributed by atoms with Crippen LogP contribution in [0, 0.1) is 6.92 Å². The number of fused-ring (bicyclic) bond motifs is 1. The normalized spacial score (nSPS) is 13.0. The molecule has 2 aromatic heterocycles. The molecule has 0 aliphatic carbocycles. The number of aromatic nitrogens is 2. The fourth-order valence-corrected chi connectivity index (χ4v) is 3.09. The van der Waals surface area contributed by atoms with Crippen LogP contribution < -0.4 is 4.80 Å². The lowest BCUT2D eigenvalue weighted by molar-refractivity contribution is 0.738. The summed E-state index contributed by atoms with van der Waals surface area (Å²) in [6.45, 7) is 6.19. The Morgan fingerprint density at radius 1 is 1.29 bits per heavy atom. The number of nitrogens with one attached hydrogen (secondary N) is 1. The van der Waals surface area contributed by atoms with Crippen LogP contribution in [0.25, 0.3) is 10.9 Å². The molecule has 0 atom stereocenters. The molecule has 0 bridgehead atoms. The number of nitrogens with zero attached hydrogens (tertiary/aromatic N) is 3. The maximum absolute atomic E-state index is 4.60. The molecule has 1 N–H and O–H groups in total. The summed E-state index contributed by atoms with van der Waals surface area (Å²) in [6.07, 6.45) is 3.87. The van der Waals surface area contributed by atoms with Crippen LogP contribution >= 0.6 is 11.3 Å². The topological polar surface area (TPSA) is 45.4 Å². The molecule has 5 heteroatoms. The lowest BCUT2D eigenvalue weighted by Crippen LogP contribution is -2.14. The van der Waals surface area contributed by atoms with Crippen LogP contribution in [0.4, 0.5) is 0 Å². The molecule has 0 aliphatic heterocycles. The van der Waals surface area contributed by atoms with Crippen molar-refractivity contribution in [1.82, 2.24) is 9.66 Å². The van der Waals surface area contributed by atoms with E-state index in [0.29, 0.717) is 0 Å². The summed E-state index contributed by atoms with van der Waals surface area (Å²) in [7, 11) is 0. The van der Waals surface area contributed by atoms with Crippen LogP contribution in [0.15, 0.2) is 45.9 Å². The van der Waals surface area contributed by atoms with Crippen LogP contribution in [0.5, 0.6) is 0 Å². The van der Waals surface area contributed by atoms with Crippen LogP contribution in [0.1, 0.15) is 25.1 Å². The Morgan fingerprint density at radius 3 is 2.90 bits per heavy atom. The predicted molar refractivity (Wildman–Crippen MR) is 89.0 cm³/mol. The third-order valence-corrected chi connectivity index (χ3v) is 4.10. The first-order valence-corrected chi connectivity index (χ1v) is 7.84. The van der Waals surface area contributed by atoms with Crippen molar-refractivity contribution < 1.29 is 0 Å². The highest BCUT2D eigenvalue weighted by molar-refractivity contribution is 7.07. The number of benzene rings is 1. The summed E-state index contributed by atoms with van der Waals surface area (Å²) in [5.41, 5.74) is 3.30. The van der Waals surface area contributed by atoms with Crippen LogP contribution in [-0.2, 0) is 0 Å². The summed E-state index contributed by atoms with van der Waals surface area (Å²) in [5, 5.41) is 7.85. The average Bonchev–Trinajstić information content (AvgIpc) is 3.01. The Balaban J connectivity index is 2.02. The van der Waals surface area contributed by atoms with Crippen molar-refractivity contribution >= 4 is 28.5 Å². The van der Waals surface area contributed by atoms with E-state index in [1.807, 2.05) is 36.1 Å². The summed E-state index contributed by atoms with van der Waals surface area (Å²) in [4.78, 5) is 8.79. The van der Waals surface area contributed by atoms with E-state index in [1.165, 1.54) is 5.39 Å². The highest BCUT2D eigenvalue weighted by Gasteiger charge is 2.02. The van der Waals surface area contributed by atoms with Gasteiger partial charge in [0.1, 0.15) is 0 Å². The SMILES string of the molecule is Cc1csc(=NC(C)C)n1N=Cc1c[nH]c2ccccc12. The Labute approximate surface area is 127 Å². The van der Waals surface area contributed by atoms with Gasteiger partial charge in [-0.05, 0) is 26.8 Å². The van der Waals surface area contributed by atoms with Gasteiger partial charge in [0.05, 0.1) is 11.9 Å². The van der Waals surface area contributed by atoms with Crippen molar-refractivity contribution in [2.75, 3.05) is 0 Å². The van der Waals surface area contributed by atoms with Crippen molar-refractivity contribution in [2.45, 2.75) is 26.8 Å². The number of thiazole rings is 1. The fraction of sp³-hybridized carbons (Fsp3) is 0.250. The lowest BCUT2D eigenvalue weighted by Gasteiger charge is -1.99. The Morgan fingerprint density at radius 2 is 2.10 bits per heavy atom. The average molecular weight is 298 g/mol. The van der Waals surface area contributed by atoms with E-state index in [4.69, 9.17) is 0 Å². The minimum Gasteiger partial charge on any atom is -0.361 e. The second-order valence-corrected chi connectivity index (χ2v) is 6.07. The molecule has 0 fully saturated rings. The van der Waals surface area contributed by atoms with Crippen molar-refractivity contribution in [3.63, 3.8) is 0 Å². The van der Waals surface area contributed by atoms with Gasteiger partial charge in [0, 0.05) is 34.1 Å². The van der Waals surface area contributed by atoms with Gasteiger partial charge in [-0.2, -0.15) is 5.10 Å². The minimum atomic E-state index is 0.262. The Kier molecular flexibility index (Phi) is 3.75. The van der Waals surface area contributed by atoms with Crippen LogP contribution in [-0.4, -0.2) is 21.9 Å². The smallest absolute Gasteiger partial charge is 0.206 e. The molecule has 1 aromatic carbocycles. The standard InChI is InChI=1S/C16H18N4S/c1-11(2)19-16-20(12(3)10-21-16)18-9-13-8-17-15-7-5-4-6-14(13)15/h4-11,17H,1-3H3. The van der Waals surface area contributed by atoms with E-state index in [2.05, 4.69) is 46.4 Å². The highest BCUT2D eigenvalue weighted by Crippen LogP contribution is 2.15. The van der Waals surface area contributed by atoms with E-state index in [1.54, 1.807) is 11.3 Å². The molecule has 0 aliphatic rings. The molecule has 0 saturated carbocycles. The van der Waals surface area contributed by atoms with Gasteiger partial charge in [0.2, 0.25) is 4.80 Å². The first kappa shape index (κ1) is 13.8. The van der Waals surface area contributed by atoms with Crippen molar-refractivity contribution in [3.05, 3.63) is 51.9 Å². The van der Waals surface area contributed by atoms with Crippen molar-refractivity contribution in [2.24, 2.45) is 10.1 Å². The summed E-state index contributed by atoms with van der Waals surface area (Å²) >= 11 is 1.62. The van der Waals surface area contributed by atoms with Gasteiger partial charge in [-0.1, -0.05) is 18.2 Å². The molecule has 2 heterocycles. The van der Waals surface area contributed by atoms with Gasteiger partial charge in [-0.3, -0.25) is 4.99 Å². The number of H-pyrrole nitrogens is 1. The maximum atomic E-state index is 4.60. The summed E-state index contributed by atoms with van der Waals surface area (Å²) < 4.78 is 1.90. The monoisotopic (exact) mass is 298 g/mol. The lowest BCUT2D eigenvalue weighted by atomic mass is 10.2. The fourth-order valence-electron chi connectivity index (χ4n) is 2.16. The molecule has 21 heavy (non-hydrogen) atoms. The Bertz CT molecular complexity index is 848. The minimum absolute atomic E-state index is 0.262. The number of hydrogen-bond donors (Lipinski definition) is 1. The number of rotatable bonds is 3. The van der Waals surface area contributed by atoms with Crippen molar-refractivity contribution in [3.8, 4) is 0 Å². The number of aromatic amines is 1.